The summed E-state index contributed by atoms with van der Waals surface area (Å²) in [6.07, 6.45) is -0.421. The predicted octanol–water partition coefficient (Wildman–Crippen LogP) is 3.57. The van der Waals surface area contributed by atoms with Crippen molar-refractivity contribution in [2.24, 2.45) is 0 Å². The maximum absolute atomic E-state index is 12.6. The van der Waals surface area contributed by atoms with Gasteiger partial charge in [-0.15, -0.1) is 0 Å². The van der Waals surface area contributed by atoms with Crippen molar-refractivity contribution >= 4 is 46.2 Å². The Labute approximate surface area is 187 Å². The number of benzene rings is 2. The summed E-state index contributed by atoms with van der Waals surface area (Å²) >= 11 is 11.9. The number of amides is 1. The Kier molecular flexibility index (Phi) is 6.31. The molecule has 0 aliphatic carbocycles. The molecule has 1 N–H and O–H groups in total. The highest BCUT2D eigenvalue weighted by molar-refractivity contribution is 6.34. The zero-order valence-corrected chi connectivity index (χ0v) is 17.9. The molecule has 0 radical (unpaired) electrons. The van der Waals surface area contributed by atoms with Crippen LogP contribution in [0.4, 0.5) is 4.79 Å². The van der Waals surface area contributed by atoms with Crippen molar-refractivity contribution in [1.82, 2.24) is 14.8 Å². The second-order valence-electron chi connectivity index (χ2n) is 7.24. The molecule has 0 atom stereocenters. The van der Waals surface area contributed by atoms with Crippen LogP contribution >= 0.6 is 23.2 Å². The average molecular weight is 464 g/mol. The highest BCUT2D eigenvalue weighted by Gasteiger charge is 2.24. The van der Waals surface area contributed by atoms with Gasteiger partial charge in [0, 0.05) is 41.8 Å². The Morgan fingerprint density at radius 3 is 2.45 bits per heavy atom. The third kappa shape index (κ3) is 5.28. The van der Waals surface area contributed by atoms with Crippen LogP contribution in [0.3, 0.4) is 0 Å². The van der Waals surface area contributed by atoms with Crippen LogP contribution in [0.2, 0.25) is 10.0 Å². The lowest BCUT2D eigenvalue weighted by Crippen LogP contribution is -2.50. The van der Waals surface area contributed by atoms with E-state index in [-0.39, 0.29) is 18.9 Å². The van der Waals surface area contributed by atoms with E-state index in [2.05, 4.69) is 4.98 Å². The molecule has 1 aliphatic heterocycles. The summed E-state index contributed by atoms with van der Waals surface area (Å²) in [5, 5.41) is 0.962. The molecule has 31 heavy (non-hydrogen) atoms. The number of hydrogen-bond donors (Lipinski definition) is 1. The number of halogens is 2. The first-order chi connectivity index (χ1) is 14.9. The molecule has 2 aromatic carbocycles. The topological polar surface area (TPSA) is 95.9 Å². The molecule has 1 saturated heterocycles. The van der Waals surface area contributed by atoms with Crippen molar-refractivity contribution in [1.29, 1.82) is 0 Å². The van der Waals surface area contributed by atoms with Gasteiger partial charge in [0.15, 0.2) is 11.4 Å². The van der Waals surface area contributed by atoms with Crippen LogP contribution < -0.4 is 5.76 Å². The molecule has 0 saturated carbocycles. The fourth-order valence-corrected chi connectivity index (χ4v) is 4.00. The average Bonchev–Trinajstić information content (AvgIpc) is 3.11. The Morgan fingerprint density at radius 2 is 1.74 bits per heavy atom. The van der Waals surface area contributed by atoms with Gasteiger partial charge >= 0.3 is 11.8 Å². The van der Waals surface area contributed by atoms with Gasteiger partial charge in [0.25, 0.3) is 0 Å². The quantitative estimate of drug-likeness (QED) is 0.581. The van der Waals surface area contributed by atoms with Crippen molar-refractivity contribution in [3.8, 4) is 0 Å². The summed E-state index contributed by atoms with van der Waals surface area (Å²) < 4.78 is 10.4. The van der Waals surface area contributed by atoms with Gasteiger partial charge in [-0.05, 0) is 42.0 Å². The van der Waals surface area contributed by atoms with Crippen LogP contribution in [0, 0.1) is 0 Å². The molecular weight excluding hydrogens is 445 g/mol. The van der Waals surface area contributed by atoms with E-state index in [1.54, 1.807) is 41.3 Å². The number of ketones is 1. The maximum Gasteiger partial charge on any atom is 0.417 e. The first-order valence-electron chi connectivity index (χ1n) is 9.62. The van der Waals surface area contributed by atoms with Crippen LogP contribution in [-0.2, 0) is 11.3 Å². The lowest BCUT2D eigenvalue weighted by atomic mass is 10.1. The van der Waals surface area contributed by atoms with Gasteiger partial charge in [0.1, 0.15) is 6.61 Å². The van der Waals surface area contributed by atoms with Gasteiger partial charge in [-0.1, -0.05) is 23.2 Å². The van der Waals surface area contributed by atoms with E-state index in [4.69, 9.17) is 32.4 Å². The zero-order valence-electron chi connectivity index (χ0n) is 16.4. The van der Waals surface area contributed by atoms with Crippen LogP contribution in [0.1, 0.15) is 15.9 Å². The van der Waals surface area contributed by atoms with Crippen molar-refractivity contribution in [2.75, 3.05) is 32.7 Å². The minimum atomic E-state index is -0.555. The zero-order chi connectivity index (χ0) is 22.0. The summed E-state index contributed by atoms with van der Waals surface area (Å²) in [7, 11) is 0. The summed E-state index contributed by atoms with van der Waals surface area (Å²) in [5.74, 6) is -0.638. The number of ether oxygens (including phenoxy) is 1. The molecule has 0 unspecified atom stereocenters. The first-order valence-corrected chi connectivity index (χ1v) is 10.4. The number of hydrogen-bond acceptors (Lipinski definition) is 6. The molecule has 10 heteroatoms. The normalized spacial score (nSPS) is 14.7. The van der Waals surface area contributed by atoms with E-state index in [0.29, 0.717) is 58.5 Å². The lowest BCUT2D eigenvalue weighted by Gasteiger charge is -2.33. The third-order valence-corrected chi connectivity index (χ3v) is 5.46. The molecule has 1 aliphatic rings. The van der Waals surface area contributed by atoms with Gasteiger partial charge < -0.3 is 14.1 Å². The Morgan fingerprint density at radius 1 is 1.03 bits per heavy atom. The molecule has 3 aromatic rings. The highest BCUT2D eigenvalue weighted by atomic mass is 35.5. The Balaban J connectivity index is 1.27. The SMILES string of the molecule is O=C(CN1CCN(C(=O)OCc2cc(Cl)cc(Cl)c2)CC1)c1ccc2[nH]c(=O)oc2c1. The maximum atomic E-state index is 12.6. The molecule has 8 nitrogen and oxygen atoms in total. The molecule has 4 rings (SSSR count). The van der Waals surface area contributed by atoms with Crippen molar-refractivity contribution in [3.63, 3.8) is 0 Å². The number of oxazole rings is 1. The van der Waals surface area contributed by atoms with Crippen LogP contribution in [0.25, 0.3) is 11.1 Å². The number of piperazine rings is 1. The first kappa shape index (κ1) is 21.4. The van der Waals surface area contributed by atoms with Gasteiger partial charge in [0.2, 0.25) is 0 Å². The lowest BCUT2D eigenvalue weighted by molar-refractivity contribution is 0.0678. The van der Waals surface area contributed by atoms with Gasteiger partial charge in [-0.2, -0.15) is 0 Å². The number of H-pyrrole nitrogens is 1. The number of nitrogens with zero attached hydrogens (tertiary/aromatic N) is 2. The van der Waals surface area contributed by atoms with Crippen molar-refractivity contribution in [2.45, 2.75) is 6.61 Å². The largest absolute Gasteiger partial charge is 0.445 e. The number of fused-ring (bicyclic) bond motifs is 1. The number of Topliss-reactive ketones (excluding diaryl/α,β-unsaturated/α-hetero) is 1. The molecule has 1 amide bonds. The predicted molar refractivity (Wildman–Crippen MR) is 116 cm³/mol. The Hall–Kier alpha value is -2.81. The van der Waals surface area contributed by atoms with E-state index < -0.39 is 11.8 Å². The number of carbonyl (C=O) groups is 2. The minimum absolute atomic E-state index is 0.0789. The second kappa shape index (κ2) is 9.13. The second-order valence-corrected chi connectivity index (χ2v) is 8.12. The van der Waals surface area contributed by atoms with E-state index in [1.807, 2.05) is 4.90 Å². The summed E-state index contributed by atoms with van der Waals surface area (Å²) in [6, 6.07) is 9.87. The fraction of sp³-hybridized carbons (Fsp3) is 0.286. The van der Waals surface area contributed by atoms with Crippen molar-refractivity contribution < 1.29 is 18.7 Å². The molecule has 1 fully saturated rings. The van der Waals surface area contributed by atoms with E-state index in [1.165, 1.54) is 0 Å². The van der Waals surface area contributed by atoms with Crippen molar-refractivity contribution in [3.05, 3.63) is 68.1 Å². The van der Waals surface area contributed by atoms with Gasteiger partial charge in [-0.3, -0.25) is 14.7 Å². The van der Waals surface area contributed by atoms with Gasteiger partial charge in [-0.25, -0.2) is 9.59 Å². The number of aromatic nitrogens is 1. The fourth-order valence-electron chi connectivity index (χ4n) is 3.43. The molecule has 1 aromatic heterocycles. The highest BCUT2D eigenvalue weighted by Crippen LogP contribution is 2.20. The van der Waals surface area contributed by atoms with Crippen LogP contribution in [-0.4, -0.2) is 59.4 Å². The summed E-state index contributed by atoms with van der Waals surface area (Å²) in [5.41, 5.74) is 2.08. The van der Waals surface area contributed by atoms with E-state index >= 15 is 0 Å². The number of nitrogens with one attached hydrogen (secondary N) is 1. The Bertz CT molecular complexity index is 1160. The number of carbonyl (C=O) groups excluding carboxylic acids is 2. The number of aromatic amines is 1. The molecule has 2 heterocycles. The van der Waals surface area contributed by atoms with E-state index in [0.717, 1.165) is 0 Å². The monoisotopic (exact) mass is 463 g/mol. The standard InChI is InChI=1S/C21H19Cl2N3O5/c22-15-7-13(8-16(23)10-15)12-30-21(29)26-5-3-25(4-6-26)11-18(27)14-1-2-17-19(9-14)31-20(28)24-17/h1-2,7-10H,3-6,11-12H2,(H,24,28). The van der Waals surface area contributed by atoms with E-state index in [9.17, 15) is 14.4 Å². The minimum Gasteiger partial charge on any atom is -0.445 e. The molecule has 0 spiro atoms. The molecule has 0 bridgehead atoms. The third-order valence-electron chi connectivity index (χ3n) is 5.03. The molecular formula is C21H19Cl2N3O5. The molecule has 162 valence electrons. The summed E-state index contributed by atoms with van der Waals surface area (Å²) in [4.78, 5) is 42.3. The smallest absolute Gasteiger partial charge is 0.417 e. The van der Waals surface area contributed by atoms with Gasteiger partial charge in [0.05, 0.1) is 12.1 Å². The van der Waals surface area contributed by atoms with Crippen LogP contribution in [0.15, 0.2) is 45.6 Å². The number of rotatable bonds is 5. The summed E-state index contributed by atoms with van der Waals surface area (Å²) in [6.45, 7) is 2.29. The van der Waals surface area contributed by atoms with Crippen LogP contribution in [0.5, 0.6) is 0 Å².